The van der Waals surface area contributed by atoms with Crippen molar-refractivity contribution in [1.82, 2.24) is 5.32 Å². The molecule has 0 heterocycles. The quantitative estimate of drug-likeness (QED) is 0.702. The van der Waals surface area contributed by atoms with Crippen LogP contribution in [0.1, 0.15) is 64.4 Å². The maximum absolute atomic E-state index is 12.2. The van der Waals surface area contributed by atoms with Gasteiger partial charge in [0.2, 0.25) is 5.91 Å². The normalized spacial score (nSPS) is 21.8. The summed E-state index contributed by atoms with van der Waals surface area (Å²) in [6.07, 6.45) is 3.56. The molecule has 1 fully saturated rings. The van der Waals surface area contributed by atoms with Gasteiger partial charge in [-0.2, -0.15) is 0 Å². The second-order valence-electron chi connectivity index (χ2n) is 7.48. The van der Waals surface area contributed by atoms with Crippen molar-refractivity contribution in [2.75, 3.05) is 5.32 Å². The number of aliphatic carboxylic acids is 1. The molecule has 1 aromatic rings. The van der Waals surface area contributed by atoms with Gasteiger partial charge in [0.15, 0.2) is 0 Å². The second-order valence-corrected chi connectivity index (χ2v) is 7.48. The third-order valence-corrected chi connectivity index (χ3v) is 4.95. The third-order valence-electron chi connectivity index (χ3n) is 4.95. The Morgan fingerprint density at radius 1 is 1.08 bits per heavy atom. The molecule has 1 aliphatic carbocycles. The van der Waals surface area contributed by atoms with E-state index in [1.54, 1.807) is 0 Å². The lowest BCUT2D eigenvalue weighted by molar-refractivity contribution is -0.142. The topological polar surface area (TPSA) is 78.4 Å². The number of carboxylic acid groups (broad SMARTS) is 1. The fraction of sp³-hybridized carbons (Fsp3) is 0.600. The van der Waals surface area contributed by atoms with Gasteiger partial charge in [-0.3, -0.25) is 9.59 Å². The zero-order valence-corrected chi connectivity index (χ0v) is 15.4. The van der Waals surface area contributed by atoms with E-state index in [0.29, 0.717) is 31.2 Å². The molecule has 0 aromatic heterocycles. The highest BCUT2D eigenvalue weighted by atomic mass is 16.4. The molecular weight excluding hydrogens is 316 g/mol. The van der Waals surface area contributed by atoms with Crippen LogP contribution in [0.5, 0.6) is 0 Å². The molecule has 25 heavy (non-hydrogen) atoms. The number of carbonyl (C=O) groups is 2. The summed E-state index contributed by atoms with van der Waals surface area (Å²) in [5, 5.41) is 15.4. The van der Waals surface area contributed by atoms with Crippen molar-refractivity contribution in [3.8, 4) is 0 Å². The van der Waals surface area contributed by atoms with E-state index in [1.165, 1.54) is 5.56 Å². The van der Waals surface area contributed by atoms with Gasteiger partial charge in [-0.1, -0.05) is 26.0 Å². The Morgan fingerprint density at radius 2 is 1.68 bits per heavy atom. The number of hydrogen-bond donors (Lipinski definition) is 3. The molecule has 0 aliphatic heterocycles. The lowest BCUT2D eigenvalue weighted by atomic mass is 9.86. The number of carboxylic acids is 1. The average Bonchev–Trinajstić information content (AvgIpc) is 2.55. The average molecular weight is 346 g/mol. The van der Waals surface area contributed by atoms with Crippen LogP contribution in [-0.2, 0) is 9.59 Å². The van der Waals surface area contributed by atoms with Crippen LogP contribution in [0.2, 0.25) is 0 Å². The molecule has 1 aromatic carbocycles. The van der Waals surface area contributed by atoms with E-state index in [0.717, 1.165) is 18.5 Å². The van der Waals surface area contributed by atoms with Gasteiger partial charge in [0.1, 0.15) is 0 Å². The number of hydrogen-bond acceptors (Lipinski definition) is 3. The first kappa shape index (κ1) is 19.4. The van der Waals surface area contributed by atoms with Gasteiger partial charge in [0, 0.05) is 24.2 Å². The first-order valence-electron chi connectivity index (χ1n) is 9.23. The van der Waals surface area contributed by atoms with Crippen molar-refractivity contribution in [3.05, 3.63) is 29.8 Å². The molecule has 0 spiro atoms. The molecule has 1 unspecified atom stereocenters. The van der Waals surface area contributed by atoms with Crippen LogP contribution in [0.15, 0.2) is 24.3 Å². The zero-order chi connectivity index (χ0) is 18.4. The van der Waals surface area contributed by atoms with Crippen molar-refractivity contribution >= 4 is 17.6 Å². The predicted octanol–water partition coefficient (Wildman–Crippen LogP) is 3.76. The van der Waals surface area contributed by atoms with E-state index in [4.69, 9.17) is 5.11 Å². The lowest BCUT2D eigenvalue weighted by Gasteiger charge is -2.29. The monoisotopic (exact) mass is 346 g/mol. The first-order valence-corrected chi connectivity index (χ1v) is 9.23. The van der Waals surface area contributed by atoms with Crippen molar-refractivity contribution in [2.24, 2.45) is 5.92 Å². The van der Waals surface area contributed by atoms with Gasteiger partial charge in [-0.15, -0.1) is 0 Å². The van der Waals surface area contributed by atoms with E-state index < -0.39 is 5.97 Å². The summed E-state index contributed by atoms with van der Waals surface area (Å²) in [5.74, 6) is -0.415. The molecular formula is C20H30N2O3. The van der Waals surface area contributed by atoms with Crippen molar-refractivity contribution < 1.29 is 14.7 Å². The van der Waals surface area contributed by atoms with E-state index in [2.05, 4.69) is 24.5 Å². The summed E-state index contributed by atoms with van der Waals surface area (Å²) in [5.41, 5.74) is 2.08. The second kappa shape index (κ2) is 8.99. The molecule has 1 atom stereocenters. The number of benzene rings is 1. The molecule has 5 heteroatoms. The van der Waals surface area contributed by atoms with E-state index in [1.807, 2.05) is 31.2 Å². The van der Waals surface area contributed by atoms with Crippen LogP contribution in [0, 0.1) is 5.92 Å². The highest BCUT2D eigenvalue weighted by Crippen LogP contribution is 2.25. The number of nitrogens with one attached hydrogen (secondary N) is 2. The van der Waals surface area contributed by atoms with E-state index in [9.17, 15) is 9.59 Å². The molecule has 138 valence electrons. The third kappa shape index (κ3) is 6.16. The minimum atomic E-state index is -0.686. The van der Waals surface area contributed by atoms with Crippen molar-refractivity contribution in [2.45, 2.75) is 70.9 Å². The summed E-state index contributed by atoms with van der Waals surface area (Å²) in [4.78, 5) is 23.2. The number of carbonyl (C=O) groups excluding carboxylic acids is 1. The summed E-state index contributed by atoms with van der Waals surface area (Å²) in [6.45, 7) is 6.29. The van der Waals surface area contributed by atoms with Crippen molar-refractivity contribution in [1.29, 1.82) is 0 Å². The van der Waals surface area contributed by atoms with Crippen LogP contribution in [0.25, 0.3) is 0 Å². The standard InChI is InChI=1S/C20H30N2O3/c1-13(2)15-4-8-18(9-5-15)22-19(23)12-14(3)21-17-10-6-16(7-11-17)20(24)25/h4-5,8-9,13-14,16-17,21H,6-7,10-12H2,1-3H3,(H,22,23)(H,24,25). The van der Waals surface area contributed by atoms with Gasteiger partial charge >= 0.3 is 5.97 Å². The molecule has 0 radical (unpaired) electrons. The Morgan fingerprint density at radius 3 is 2.20 bits per heavy atom. The number of rotatable bonds is 7. The summed E-state index contributed by atoms with van der Waals surface area (Å²) < 4.78 is 0. The highest BCUT2D eigenvalue weighted by molar-refractivity contribution is 5.91. The number of anilines is 1. The Hall–Kier alpha value is -1.88. The van der Waals surface area contributed by atoms with Gasteiger partial charge in [-0.05, 0) is 56.2 Å². The maximum Gasteiger partial charge on any atom is 0.306 e. The molecule has 1 saturated carbocycles. The molecule has 0 saturated heterocycles. The minimum Gasteiger partial charge on any atom is -0.481 e. The fourth-order valence-corrected chi connectivity index (χ4v) is 3.41. The Bertz CT molecular complexity index is 575. The summed E-state index contributed by atoms with van der Waals surface area (Å²) in [6, 6.07) is 8.35. The van der Waals surface area contributed by atoms with Crippen LogP contribution in [-0.4, -0.2) is 29.1 Å². The van der Waals surface area contributed by atoms with Gasteiger partial charge in [0.05, 0.1) is 5.92 Å². The van der Waals surface area contributed by atoms with Crippen LogP contribution in [0.3, 0.4) is 0 Å². The van der Waals surface area contributed by atoms with E-state index in [-0.39, 0.29) is 17.9 Å². The zero-order valence-electron chi connectivity index (χ0n) is 15.4. The van der Waals surface area contributed by atoms with Crippen molar-refractivity contribution in [3.63, 3.8) is 0 Å². The SMILES string of the molecule is CC(CC(=O)Nc1ccc(C(C)C)cc1)NC1CCC(C(=O)O)CC1. The lowest BCUT2D eigenvalue weighted by Crippen LogP contribution is -2.41. The molecule has 3 N–H and O–H groups in total. The summed E-state index contributed by atoms with van der Waals surface area (Å²) >= 11 is 0. The fourth-order valence-electron chi connectivity index (χ4n) is 3.41. The molecule has 0 bridgehead atoms. The first-order chi connectivity index (χ1) is 11.8. The molecule has 1 aliphatic rings. The highest BCUT2D eigenvalue weighted by Gasteiger charge is 2.26. The summed E-state index contributed by atoms with van der Waals surface area (Å²) in [7, 11) is 0. The van der Waals surface area contributed by atoms with Gasteiger partial charge in [0.25, 0.3) is 0 Å². The Kier molecular flexibility index (Phi) is 7.00. The maximum atomic E-state index is 12.2. The van der Waals surface area contributed by atoms with E-state index >= 15 is 0 Å². The number of amides is 1. The van der Waals surface area contributed by atoms with Crippen LogP contribution in [0.4, 0.5) is 5.69 Å². The smallest absolute Gasteiger partial charge is 0.306 e. The Balaban J connectivity index is 1.74. The van der Waals surface area contributed by atoms with Crippen LogP contribution < -0.4 is 10.6 Å². The minimum absolute atomic E-state index is 0.00322. The van der Waals surface area contributed by atoms with Gasteiger partial charge < -0.3 is 15.7 Å². The Labute approximate surface area is 150 Å². The molecule has 5 nitrogen and oxygen atoms in total. The van der Waals surface area contributed by atoms with Gasteiger partial charge in [-0.25, -0.2) is 0 Å². The largest absolute Gasteiger partial charge is 0.481 e. The van der Waals surface area contributed by atoms with Crippen LogP contribution >= 0.6 is 0 Å². The molecule has 1 amide bonds. The molecule has 2 rings (SSSR count). The predicted molar refractivity (Wildman–Crippen MR) is 99.8 cm³/mol.